The molecule has 0 spiro atoms. The lowest BCUT2D eigenvalue weighted by Gasteiger charge is -2.08. The zero-order valence-electron chi connectivity index (χ0n) is 19.1. The zero-order chi connectivity index (χ0) is 24.7. The van der Waals surface area contributed by atoms with E-state index < -0.39 is 15.7 Å². The summed E-state index contributed by atoms with van der Waals surface area (Å²) in [5, 5.41) is 4.70. The number of aryl methyl sites for hydroxylation is 1. The van der Waals surface area contributed by atoms with Gasteiger partial charge < -0.3 is 9.26 Å². The highest BCUT2D eigenvalue weighted by molar-refractivity contribution is 9.10. The van der Waals surface area contributed by atoms with Crippen molar-refractivity contribution >= 4 is 48.0 Å². The van der Waals surface area contributed by atoms with Gasteiger partial charge >= 0.3 is 5.69 Å². The fourth-order valence-electron chi connectivity index (χ4n) is 4.01. The van der Waals surface area contributed by atoms with Gasteiger partial charge in [-0.05, 0) is 61.4 Å². The van der Waals surface area contributed by atoms with Gasteiger partial charge in [0.1, 0.15) is 5.75 Å². The first-order valence-electron chi connectivity index (χ1n) is 11.0. The van der Waals surface area contributed by atoms with Gasteiger partial charge in [-0.25, -0.2) is 13.2 Å². The molecule has 0 saturated heterocycles. The SMILES string of the molecule is CCCOc1cccc(Cn2c(=O)n(S(=O)(=O)c3ccc(Br)cc3)c3cc4onc(C)c4cc32)c1. The molecule has 0 fully saturated rings. The summed E-state index contributed by atoms with van der Waals surface area (Å²) >= 11 is 3.32. The molecule has 0 amide bonds. The van der Waals surface area contributed by atoms with Gasteiger partial charge in [0.05, 0.1) is 34.8 Å². The van der Waals surface area contributed by atoms with Crippen LogP contribution in [0.1, 0.15) is 24.6 Å². The quantitative estimate of drug-likeness (QED) is 0.277. The minimum absolute atomic E-state index is 0.00524. The van der Waals surface area contributed by atoms with Crippen molar-refractivity contribution in [2.75, 3.05) is 6.61 Å². The molecule has 0 radical (unpaired) electrons. The summed E-state index contributed by atoms with van der Waals surface area (Å²) in [5.74, 6) is 0.695. The fourth-order valence-corrected chi connectivity index (χ4v) is 5.68. The predicted octanol–water partition coefficient (Wildman–Crippen LogP) is 5.09. The van der Waals surface area contributed by atoms with Crippen molar-refractivity contribution in [3.8, 4) is 5.75 Å². The van der Waals surface area contributed by atoms with E-state index in [1.807, 2.05) is 31.2 Å². The number of halogens is 1. The Bertz CT molecular complexity index is 1720. The number of benzene rings is 3. The predicted molar refractivity (Wildman–Crippen MR) is 137 cm³/mol. The number of aromatic nitrogens is 3. The van der Waals surface area contributed by atoms with Crippen molar-refractivity contribution < 1.29 is 17.7 Å². The van der Waals surface area contributed by atoms with Gasteiger partial charge in [-0.1, -0.05) is 40.1 Å². The van der Waals surface area contributed by atoms with Gasteiger partial charge in [-0.3, -0.25) is 4.57 Å². The molecule has 0 N–H and O–H groups in total. The molecule has 10 heteroatoms. The van der Waals surface area contributed by atoms with Crippen LogP contribution in [0.2, 0.25) is 0 Å². The van der Waals surface area contributed by atoms with E-state index >= 15 is 0 Å². The molecule has 0 aliphatic carbocycles. The van der Waals surface area contributed by atoms with Crippen LogP contribution in [-0.4, -0.2) is 28.7 Å². The molecule has 3 aromatic carbocycles. The minimum atomic E-state index is -4.19. The van der Waals surface area contributed by atoms with Crippen molar-refractivity contribution in [1.29, 1.82) is 0 Å². The third-order valence-corrected chi connectivity index (χ3v) is 7.96. The van der Waals surface area contributed by atoms with E-state index in [1.54, 1.807) is 31.2 Å². The molecular formula is C25H22BrN3O5S. The van der Waals surface area contributed by atoms with Crippen LogP contribution in [0.25, 0.3) is 22.0 Å². The van der Waals surface area contributed by atoms with E-state index in [1.165, 1.54) is 16.7 Å². The molecule has 0 aliphatic rings. The van der Waals surface area contributed by atoms with Gasteiger partial charge in [-0.2, -0.15) is 3.97 Å². The molecule has 0 saturated carbocycles. The van der Waals surface area contributed by atoms with Crippen LogP contribution >= 0.6 is 15.9 Å². The maximum absolute atomic E-state index is 13.7. The molecule has 2 aromatic heterocycles. The molecule has 8 nitrogen and oxygen atoms in total. The first-order chi connectivity index (χ1) is 16.8. The van der Waals surface area contributed by atoms with Crippen LogP contribution in [-0.2, 0) is 16.6 Å². The molecular weight excluding hydrogens is 534 g/mol. The fraction of sp³-hybridized carbons (Fsp3) is 0.200. The Morgan fingerprint density at radius 2 is 1.83 bits per heavy atom. The second kappa shape index (κ2) is 9.01. The number of hydrogen-bond acceptors (Lipinski definition) is 6. The second-order valence-electron chi connectivity index (χ2n) is 8.19. The molecule has 5 aromatic rings. The highest BCUT2D eigenvalue weighted by Crippen LogP contribution is 2.28. The summed E-state index contributed by atoms with van der Waals surface area (Å²) < 4.78 is 41.4. The third kappa shape index (κ3) is 4.17. The molecule has 0 unspecified atom stereocenters. The Kier molecular flexibility index (Phi) is 6.02. The van der Waals surface area contributed by atoms with E-state index in [0.717, 1.165) is 20.4 Å². The summed E-state index contributed by atoms with van der Waals surface area (Å²) in [6.45, 7) is 4.57. The molecule has 5 rings (SSSR count). The summed E-state index contributed by atoms with van der Waals surface area (Å²) in [6, 6.07) is 16.9. The Hall–Kier alpha value is -3.37. The topological polar surface area (TPSA) is 96.3 Å². The smallest absolute Gasteiger partial charge is 0.343 e. The van der Waals surface area contributed by atoms with Gasteiger partial charge in [0.15, 0.2) is 5.58 Å². The third-order valence-electron chi connectivity index (χ3n) is 5.73. The van der Waals surface area contributed by atoms with Crippen molar-refractivity contribution in [1.82, 2.24) is 13.7 Å². The standard InChI is InChI=1S/C25H22BrN3O5S/c1-3-11-33-19-6-4-5-17(12-19)15-28-22-13-21-16(2)27-34-24(21)14-23(22)29(25(28)30)35(31,32)20-9-7-18(26)8-10-20/h4-10,12-14H,3,11,15H2,1-2H3. The lowest BCUT2D eigenvalue weighted by Crippen LogP contribution is -2.29. The maximum atomic E-state index is 13.7. The monoisotopic (exact) mass is 555 g/mol. The van der Waals surface area contributed by atoms with E-state index in [-0.39, 0.29) is 17.0 Å². The Balaban J connectivity index is 1.73. The average molecular weight is 556 g/mol. The minimum Gasteiger partial charge on any atom is -0.494 e. The lowest BCUT2D eigenvalue weighted by molar-refractivity contribution is 0.317. The number of imidazole rings is 1. The second-order valence-corrected chi connectivity index (χ2v) is 10.9. The highest BCUT2D eigenvalue weighted by Gasteiger charge is 2.27. The van der Waals surface area contributed by atoms with E-state index in [4.69, 9.17) is 9.26 Å². The first-order valence-corrected chi connectivity index (χ1v) is 13.3. The average Bonchev–Trinajstić information content (AvgIpc) is 3.33. The van der Waals surface area contributed by atoms with Gasteiger partial charge in [-0.15, -0.1) is 0 Å². The molecule has 2 heterocycles. The van der Waals surface area contributed by atoms with Crippen molar-refractivity contribution in [3.63, 3.8) is 0 Å². The molecule has 0 aliphatic heterocycles. The Labute approximate surface area is 209 Å². The Morgan fingerprint density at radius 3 is 2.57 bits per heavy atom. The summed E-state index contributed by atoms with van der Waals surface area (Å²) in [4.78, 5) is 13.7. The van der Waals surface area contributed by atoms with Gasteiger partial charge in [0, 0.05) is 15.9 Å². The summed E-state index contributed by atoms with van der Waals surface area (Å²) in [7, 11) is -4.19. The number of ether oxygens (including phenoxy) is 1. The van der Waals surface area contributed by atoms with Gasteiger partial charge in [0.25, 0.3) is 10.0 Å². The van der Waals surface area contributed by atoms with E-state index in [0.29, 0.717) is 34.5 Å². The molecule has 0 bridgehead atoms. The highest BCUT2D eigenvalue weighted by atomic mass is 79.9. The number of rotatable bonds is 7. The normalized spacial score (nSPS) is 12.0. The van der Waals surface area contributed by atoms with Crippen LogP contribution < -0.4 is 10.4 Å². The van der Waals surface area contributed by atoms with Crippen LogP contribution in [0.5, 0.6) is 5.75 Å². The van der Waals surface area contributed by atoms with Crippen LogP contribution in [0.4, 0.5) is 0 Å². The zero-order valence-corrected chi connectivity index (χ0v) is 21.5. The maximum Gasteiger partial charge on any atom is 0.343 e. The largest absolute Gasteiger partial charge is 0.494 e. The molecule has 35 heavy (non-hydrogen) atoms. The van der Waals surface area contributed by atoms with E-state index in [9.17, 15) is 13.2 Å². The van der Waals surface area contributed by atoms with Crippen LogP contribution in [0.3, 0.4) is 0 Å². The van der Waals surface area contributed by atoms with Crippen molar-refractivity contribution in [3.05, 3.63) is 86.9 Å². The summed E-state index contributed by atoms with van der Waals surface area (Å²) in [5.41, 5.74) is 1.89. The number of nitrogens with zero attached hydrogens (tertiary/aromatic N) is 3. The molecule has 180 valence electrons. The van der Waals surface area contributed by atoms with Crippen LogP contribution in [0.15, 0.2) is 79.3 Å². The first kappa shape index (κ1) is 23.4. The van der Waals surface area contributed by atoms with E-state index in [2.05, 4.69) is 21.1 Å². The van der Waals surface area contributed by atoms with Crippen molar-refractivity contribution in [2.24, 2.45) is 0 Å². The molecule has 0 atom stereocenters. The van der Waals surface area contributed by atoms with Gasteiger partial charge in [0.2, 0.25) is 0 Å². The lowest BCUT2D eigenvalue weighted by atomic mass is 10.2. The number of hydrogen-bond donors (Lipinski definition) is 0. The Morgan fingerprint density at radius 1 is 1.06 bits per heavy atom. The summed E-state index contributed by atoms with van der Waals surface area (Å²) in [6.07, 6.45) is 0.874. The number of fused-ring (bicyclic) bond motifs is 2. The van der Waals surface area contributed by atoms with Crippen molar-refractivity contribution in [2.45, 2.75) is 31.7 Å². The van der Waals surface area contributed by atoms with Crippen LogP contribution in [0, 0.1) is 6.92 Å².